The number of aliphatic hydroxyl groups is 1. The third kappa shape index (κ3) is 4.74. The van der Waals surface area contributed by atoms with E-state index in [9.17, 15) is 18.3 Å². The molecule has 2 N–H and O–H groups in total. The number of fused-ring (bicyclic) bond motifs is 1. The number of carbonyl (C=O) groups excluding carboxylic acids is 1. The highest BCUT2D eigenvalue weighted by Gasteiger charge is 2.51. The third-order valence-corrected chi connectivity index (χ3v) is 8.39. The van der Waals surface area contributed by atoms with E-state index in [0.29, 0.717) is 29.3 Å². The number of pyridine rings is 1. The lowest BCUT2D eigenvalue weighted by molar-refractivity contribution is -0.120. The first-order chi connectivity index (χ1) is 17.3. The van der Waals surface area contributed by atoms with Crippen LogP contribution in [0.4, 0.5) is 0 Å². The number of nitrogens with one attached hydrogen (secondary N) is 1. The van der Waals surface area contributed by atoms with Gasteiger partial charge >= 0.3 is 0 Å². The molecule has 0 saturated heterocycles. The molecule has 1 aliphatic carbocycles. The van der Waals surface area contributed by atoms with Gasteiger partial charge in [-0.1, -0.05) is 31.2 Å². The molecular weight excluding hydrogens is 480 g/mol. The molecule has 0 unspecified atom stereocenters. The molecule has 2 aromatic carbocycles. The van der Waals surface area contributed by atoms with Crippen LogP contribution in [0.1, 0.15) is 37.4 Å². The first-order valence-corrected chi connectivity index (χ1v) is 13.5. The zero-order valence-electron chi connectivity index (χ0n) is 19.9. The predicted octanol–water partition coefficient (Wildman–Crippen LogP) is 3.37. The molecule has 0 spiro atoms. The monoisotopic (exact) mass is 508 g/mol. The second-order valence-corrected chi connectivity index (χ2v) is 10.9. The van der Waals surface area contributed by atoms with Crippen LogP contribution in [-0.4, -0.2) is 43.7 Å². The Bertz CT molecular complexity index is 1380. The van der Waals surface area contributed by atoms with Crippen molar-refractivity contribution < 1.29 is 27.8 Å². The maximum absolute atomic E-state index is 13.3. The molecular formula is C27H28N2O6S. The molecule has 36 heavy (non-hydrogen) atoms. The third-order valence-electron chi connectivity index (χ3n) is 6.85. The summed E-state index contributed by atoms with van der Waals surface area (Å²) in [5, 5.41) is 9.30. The van der Waals surface area contributed by atoms with Crippen LogP contribution in [0.5, 0.6) is 11.5 Å². The minimum Gasteiger partial charge on any atom is -0.454 e. The van der Waals surface area contributed by atoms with Crippen molar-refractivity contribution in [2.75, 3.05) is 13.4 Å². The van der Waals surface area contributed by atoms with Crippen molar-refractivity contribution in [2.24, 2.45) is 0 Å². The lowest BCUT2D eigenvalue weighted by Crippen LogP contribution is -2.36. The molecule has 1 fully saturated rings. The lowest BCUT2D eigenvalue weighted by Gasteiger charge is -2.15. The first kappa shape index (κ1) is 24.4. The number of sulfonamides is 1. The molecule has 1 saturated carbocycles. The van der Waals surface area contributed by atoms with Crippen molar-refractivity contribution in [2.45, 2.75) is 49.0 Å². The van der Waals surface area contributed by atoms with E-state index in [0.717, 1.165) is 24.0 Å². The summed E-state index contributed by atoms with van der Waals surface area (Å²) in [6.45, 7) is 1.73. The Hall–Kier alpha value is -3.27. The van der Waals surface area contributed by atoms with Crippen molar-refractivity contribution in [1.82, 2.24) is 9.71 Å². The summed E-state index contributed by atoms with van der Waals surface area (Å²) >= 11 is 0. The average molecular weight is 509 g/mol. The van der Waals surface area contributed by atoms with Crippen LogP contribution in [0, 0.1) is 0 Å². The summed E-state index contributed by atoms with van der Waals surface area (Å²) < 4.78 is 38.5. The maximum Gasteiger partial charge on any atom is 0.240 e. The normalized spacial score (nSPS) is 16.5. The van der Waals surface area contributed by atoms with E-state index in [1.165, 1.54) is 12.1 Å². The SMILES string of the molecule is CC[C@@H](CO)NS(=O)(=O)c1ccc(-c2cccc(CC(=O)C3(c4ccc5c(c4)OCO5)CC3)n2)cc1. The number of ether oxygens (including phenoxy) is 2. The summed E-state index contributed by atoms with van der Waals surface area (Å²) in [7, 11) is -3.74. The van der Waals surface area contributed by atoms with Crippen molar-refractivity contribution in [3.05, 3.63) is 71.9 Å². The molecule has 1 aromatic heterocycles. The lowest BCUT2D eigenvalue weighted by atomic mass is 9.88. The van der Waals surface area contributed by atoms with Crippen LogP contribution in [0.15, 0.2) is 65.6 Å². The summed E-state index contributed by atoms with van der Waals surface area (Å²) in [5.41, 5.74) is 2.51. The summed E-state index contributed by atoms with van der Waals surface area (Å²) in [6, 6.07) is 17.1. The fourth-order valence-electron chi connectivity index (χ4n) is 4.46. The number of carbonyl (C=O) groups is 1. The van der Waals surface area contributed by atoms with Gasteiger partial charge in [0.2, 0.25) is 16.8 Å². The molecule has 0 bridgehead atoms. The molecule has 188 valence electrons. The Morgan fingerprint density at radius 2 is 1.83 bits per heavy atom. The second-order valence-electron chi connectivity index (χ2n) is 9.20. The molecule has 1 aliphatic heterocycles. The molecule has 8 nitrogen and oxygen atoms in total. The van der Waals surface area contributed by atoms with Crippen molar-refractivity contribution in [1.29, 1.82) is 0 Å². The van der Waals surface area contributed by atoms with Gasteiger partial charge in [-0.15, -0.1) is 0 Å². The number of nitrogens with zero attached hydrogens (tertiary/aromatic N) is 1. The van der Waals surface area contributed by atoms with Gasteiger partial charge in [0.1, 0.15) is 5.78 Å². The minimum absolute atomic E-state index is 0.115. The quantitative estimate of drug-likeness (QED) is 0.431. The molecule has 3 aromatic rings. The number of aromatic nitrogens is 1. The van der Waals surface area contributed by atoms with Gasteiger partial charge in [0.25, 0.3) is 0 Å². The van der Waals surface area contributed by atoms with Gasteiger partial charge in [0.05, 0.1) is 22.6 Å². The Kier molecular flexibility index (Phi) is 6.55. The Balaban J connectivity index is 1.31. The highest BCUT2D eigenvalue weighted by atomic mass is 32.2. The van der Waals surface area contributed by atoms with Gasteiger partial charge in [-0.3, -0.25) is 9.78 Å². The number of rotatable bonds is 10. The van der Waals surface area contributed by atoms with Crippen molar-refractivity contribution in [3.63, 3.8) is 0 Å². The van der Waals surface area contributed by atoms with E-state index >= 15 is 0 Å². The summed E-state index contributed by atoms with van der Waals surface area (Å²) in [5.74, 6) is 1.49. The van der Waals surface area contributed by atoms with Crippen LogP contribution >= 0.6 is 0 Å². The largest absolute Gasteiger partial charge is 0.454 e. The second kappa shape index (κ2) is 9.65. The number of ketones is 1. The van der Waals surface area contributed by atoms with Gasteiger partial charge in [-0.25, -0.2) is 13.1 Å². The minimum atomic E-state index is -3.74. The molecule has 0 radical (unpaired) electrons. The number of hydrogen-bond acceptors (Lipinski definition) is 7. The molecule has 9 heteroatoms. The van der Waals surface area contributed by atoms with Crippen LogP contribution < -0.4 is 14.2 Å². The smallest absolute Gasteiger partial charge is 0.240 e. The maximum atomic E-state index is 13.3. The van der Waals surface area contributed by atoms with Crippen molar-refractivity contribution in [3.8, 4) is 22.8 Å². The molecule has 5 rings (SSSR count). The van der Waals surface area contributed by atoms with E-state index < -0.39 is 21.5 Å². The van der Waals surface area contributed by atoms with E-state index in [-0.39, 0.29) is 30.5 Å². The van der Waals surface area contributed by atoms with Gasteiger partial charge in [0, 0.05) is 23.7 Å². The van der Waals surface area contributed by atoms with Gasteiger partial charge in [0.15, 0.2) is 11.5 Å². The Morgan fingerprint density at radius 1 is 1.08 bits per heavy atom. The molecule has 2 aliphatic rings. The zero-order chi connectivity index (χ0) is 25.3. The Morgan fingerprint density at radius 3 is 2.53 bits per heavy atom. The fourth-order valence-corrected chi connectivity index (χ4v) is 5.77. The zero-order valence-corrected chi connectivity index (χ0v) is 20.8. The summed E-state index contributed by atoms with van der Waals surface area (Å²) in [6.07, 6.45) is 2.28. The molecule has 2 heterocycles. The fraction of sp³-hybridized carbons (Fsp3) is 0.333. The molecule has 0 amide bonds. The highest BCUT2D eigenvalue weighted by Crippen LogP contribution is 2.51. The number of benzene rings is 2. The van der Waals surface area contributed by atoms with Crippen molar-refractivity contribution >= 4 is 15.8 Å². The topological polar surface area (TPSA) is 115 Å². The highest BCUT2D eigenvalue weighted by molar-refractivity contribution is 7.89. The average Bonchev–Trinajstić information content (AvgIpc) is 3.58. The standard InChI is InChI=1S/C27H28N2O6S/c1-2-20(16-30)29-36(32,33)22-9-6-18(7-10-22)23-5-3-4-21(28-23)15-26(31)27(12-13-27)19-8-11-24-25(14-19)35-17-34-24/h3-11,14,20,29-30H,2,12-13,15-17H2,1H3/t20-/m0/s1. The van der Waals surface area contributed by atoms with Gasteiger partial charge < -0.3 is 14.6 Å². The van der Waals surface area contributed by atoms with E-state index in [1.807, 2.05) is 36.4 Å². The number of hydrogen-bond donors (Lipinski definition) is 2. The predicted molar refractivity (Wildman–Crippen MR) is 133 cm³/mol. The number of aliphatic hydroxyl groups excluding tert-OH is 1. The van der Waals surface area contributed by atoms with E-state index in [2.05, 4.69) is 9.71 Å². The number of Topliss-reactive ketones (excluding diaryl/α,β-unsaturated/α-hetero) is 1. The summed E-state index contributed by atoms with van der Waals surface area (Å²) in [4.78, 5) is 18.1. The van der Waals surface area contributed by atoms with Crippen LogP contribution in [-0.2, 0) is 26.7 Å². The first-order valence-electron chi connectivity index (χ1n) is 12.0. The van der Waals surface area contributed by atoms with E-state index in [4.69, 9.17) is 9.47 Å². The van der Waals surface area contributed by atoms with E-state index in [1.54, 1.807) is 19.1 Å². The molecule has 1 atom stereocenters. The van der Waals surface area contributed by atoms with Crippen LogP contribution in [0.2, 0.25) is 0 Å². The Labute approximate surface area is 210 Å². The van der Waals surface area contributed by atoms with Gasteiger partial charge in [-0.2, -0.15) is 0 Å². The van der Waals surface area contributed by atoms with Crippen LogP contribution in [0.3, 0.4) is 0 Å². The van der Waals surface area contributed by atoms with Gasteiger partial charge in [-0.05, 0) is 61.2 Å². The van der Waals surface area contributed by atoms with Crippen LogP contribution in [0.25, 0.3) is 11.3 Å².